The Bertz CT molecular complexity index is 283. The third-order valence-corrected chi connectivity index (χ3v) is 3.38. The summed E-state index contributed by atoms with van der Waals surface area (Å²) in [5.41, 5.74) is -1.14. The van der Waals surface area contributed by atoms with E-state index in [0.717, 1.165) is 25.9 Å². The van der Waals surface area contributed by atoms with Crippen molar-refractivity contribution in [3.63, 3.8) is 0 Å². The summed E-state index contributed by atoms with van der Waals surface area (Å²) in [6.07, 6.45) is 1.58. The number of hydrogen-bond donors (Lipinski definition) is 2. The Labute approximate surface area is 95.8 Å². The lowest BCUT2D eigenvalue weighted by Crippen LogP contribution is -2.53. The van der Waals surface area contributed by atoms with Crippen LogP contribution in [-0.2, 0) is 9.59 Å². The van der Waals surface area contributed by atoms with Gasteiger partial charge in [-0.2, -0.15) is 0 Å². The van der Waals surface area contributed by atoms with Crippen molar-refractivity contribution < 1.29 is 14.7 Å². The maximum Gasteiger partial charge on any atom is 0.329 e. The standard InChI is InChI=1S/C11H20N2O3/c1-11(2,10(15)16)13(3)9(14)8-4-6-12-7-5-8/h8,12H,4-7H2,1-3H3,(H,15,16). The van der Waals surface area contributed by atoms with E-state index in [9.17, 15) is 9.59 Å². The van der Waals surface area contributed by atoms with Crippen molar-refractivity contribution in [3.8, 4) is 0 Å². The molecule has 0 aromatic carbocycles. The van der Waals surface area contributed by atoms with Crippen LogP contribution in [0, 0.1) is 5.92 Å². The SMILES string of the molecule is CN(C(=O)C1CCNCC1)C(C)(C)C(=O)O. The molecule has 0 radical (unpaired) electrons. The van der Waals surface area contributed by atoms with Crippen LogP contribution in [0.25, 0.3) is 0 Å². The van der Waals surface area contributed by atoms with E-state index >= 15 is 0 Å². The molecule has 0 aromatic heterocycles. The van der Waals surface area contributed by atoms with E-state index in [-0.39, 0.29) is 11.8 Å². The number of carboxylic acids is 1. The number of nitrogens with zero attached hydrogens (tertiary/aromatic N) is 1. The average molecular weight is 228 g/mol. The van der Waals surface area contributed by atoms with Gasteiger partial charge in [0.2, 0.25) is 5.91 Å². The van der Waals surface area contributed by atoms with Gasteiger partial charge in [-0.05, 0) is 39.8 Å². The van der Waals surface area contributed by atoms with Gasteiger partial charge in [0.05, 0.1) is 0 Å². The third-order valence-electron chi connectivity index (χ3n) is 3.38. The van der Waals surface area contributed by atoms with Gasteiger partial charge in [-0.3, -0.25) is 4.79 Å². The molecule has 1 heterocycles. The lowest BCUT2D eigenvalue weighted by Gasteiger charge is -2.35. The number of aliphatic carboxylic acids is 1. The molecule has 2 N–H and O–H groups in total. The van der Waals surface area contributed by atoms with Crippen LogP contribution in [0.1, 0.15) is 26.7 Å². The topological polar surface area (TPSA) is 69.6 Å². The van der Waals surface area contributed by atoms with Crippen molar-refractivity contribution in [2.45, 2.75) is 32.2 Å². The molecule has 5 nitrogen and oxygen atoms in total. The molecule has 0 bridgehead atoms. The van der Waals surface area contributed by atoms with Crippen molar-refractivity contribution in [3.05, 3.63) is 0 Å². The molecule has 0 saturated carbocycles. The van der Waals surface area contributed by atoms with E-state index in [2.05, 4.69) is 5.32 Å². The first kappa shape index (κ1) is 13.0. The van der Waals surface area contributed by atoms with Crippen molar-refractivity contribution in [1.29, 1.82) is 0 Å². The van der Waals surface area contributed by atoms with Gasteiger partial charge in [-0.1, -0.05) is 0 Å². The Morgan fingerprint density at radius 1 is 1.31 bits per heavy atom. The summed E-state index contributed by atoms with van der Waals surface area (Å²) >= 11 is 0. The first-order valence-electron chi connectivity index (χ1n) is 5.59. The molecule has 1 amide bonds. The molecule has 0 atom stereocenters. The van der Waals surface area contributed by atoms with Crippen molar-refractivity contribution in [2.75, 3.05) is 20.1 Å². The van der Waals surface area contributed by atoms with Crippen molar-refractivity contribution in [2.24, 2.45) is 5.92 Å². The number of carboxylic acid groups (broad SMARTS) is 1. The molecule has 92 valence electrons. The van der Waals surface area contributed by atoms with Gasteiger partial charge in [0, 0.05) is 13.0 Å². The van der Waals surface area contributed by atoms with Gasteiger partial charge in [-0.15, -0.1) is 0 Å². The number of rotatable bonds is 3. The number of amides is 1. The second-order valence-electron chi connectivity index (χ2n) is 4.79. The van der Waals surface area contributed by atoms with Crippen LogP contribution in [-0.4, -0.2) is 47.6 Å². The molecule has 1 aliphatic heterocycles. The minimum Gasteiger partial charge on any atom is -0.480 e. The number of carbonyl (C=O) groups is 2. The van der Waals surface area contributed by atoms with Gasteiger partial charge in [0.15, 0.2) is 0 Å². The van der Waals surface area contributed by atoms with E-state index in [1.807, 2.05) is 0 Å². The maximum absolute atomic E-state index is 12.1. The molecule has 0 spiro atoms. The monoisotopic (exact) mass is 228 g/mol. The van der Waals surface area contributed by atoms with Crippen LogP contribution in [0.4, 0.5) is 0 Å². The Balaban J connectivity index is 2.69. The van der Waals surface area contributed by atoms with E-state index in [1.165, 1.54) is 4.90 Å². The first-order valence-corrected chi connectivity index (χ1v) is 5.59. The smallest absolute Gasteiger partial charge is 0.329 e. The van der Waals surface area contributed by atoms with Gasteiger partial charge < -0.3 is 15.3 Å². The third kappa shape index (κ3) is 2.52. The normalized spacial score (nSPS) is 18.2. The molecule has 0 unspecified atom stereocenters. The zero-order chi connectivity index (χ0) is 12.3. The fourth-order valence-electron chi connectivity index (χ4n) is 1.76. The molecule has 5 heteroatoms. The lowest BCUT2D eigenvalue weighted by atomic mass is 9.94. The van der Waals surface area contributed by atoms with Crippen LogP contribution in [0.5, 0.6) is 0 Å². The molecule has 1 rings (SSSR count). The minimum absolute atomic E-state index is 0.0372. The zero-order valence-corrected chi connectivity index (χ0v) is 10.1. The van der Waals surface area contributed by atoms with Crippen LogP contribution in [0.3, 0.4) is 0 Å². The van der Waals surface area contributed by atoms with Gasteiger partial charge in [0.25, 0.3) is 0 Å². The highest BCUT2D eigenvalue weighted by Gasteiger charge is 2.37. The minimum atomic E-state index is -1.14. The quantitative estimate of drug-likeness (QED) is 0.729. The second kappa shape index (κ2) is 4.82. The van der Waals surface area contributed by atoms with E-state index in [0.29, 0.717) is 0 Å². The molecule has 16 heavy (non-hydrogen) atoms. The van der Waals surface area contributed by atoms with Gasteiger partial charge >= 0.3 is 5.97 Å². The van der Waals surface area contributed by atoms with E-state index in [4.69, 9.17) is 5.11 Å². The zero-order valence-electron chi connectivity index (χ0n) is 10.1. The Kier molecular flexibility index (Phi) is 3.91. The number of hydrogen-bond acceptors (Lipinski definition) is 3. The van der Waals surface area contributed by atoms with Crippen LogP contribution in [0.15, 0.2) is 0 Å². The molecule has 1 aliphatic rings. The maximum atomic E-state index is 12.1. The van der Waals surface area contributed by atoms with Crippen LogP contribution in [0.2, 0.25) is 0 Å². The summed E-state index contributed by atoms with van der Waals surface area (Å²) in [5, 5.41) is 12.2. The van der Waals surface area contributed by atoms with Crippen LogP contribution >= 0.6 is 0 Å². The largest absolute Gasteiger partial charge is 0.480 e. The number of carbonyl (C=O) groups excluding carboxylic acids is 1. The summed E-state index contributed by atoms with van der Waals surface area (Å²) in [5.74, 6) is -1.07. The molecule has 0 aromatic rings. The summed E-state index contributed by atoms with van der Waals surface area (Å²) in [6.45, 7) is 4.76. The molecular formula is C11H20N2O3. The molecular weight excluding hydrogens is 208 g/mol. The highest BCUT2D eigenvalue weighted by molar-refractivity contribution is 5.87. The Morgan fingerprint density at radius 2 is 1.81 bits per heavy atom. The number of nitrogens with one attached hydrogen (secondary N) is 1. The van der Waals surface area contributed by atoms with E-state index in [1.54, 1.807) is 20.9 Å². The summed E-state index contributed by atoms with van der Waals surface area (Å²) in [4.78, 5) is 24.5. The van der Waals surface area contributed by atoms with Crippen molar-refractivity contribution in [1.82, 2.24) is 10.2 Å². The predicted molar refractivity (Wildman–Crippen MR) is 60.1 cm³/mol. The summed E-state index contributed by atoms with van der Waals surface area (Å²) < 4.78 is 0. The summed E-state index contributed by atoms with van der Waals surface area (Å²) in [6, 6.07) is 0. The highest BCUT2D eigenvalue weighted by atomic mass is 16.4. The average Bonchev–Trinajstić information content (AvgIpc) is 2.28. The van der Waals surface area contributed by atoms with Crippen LogP contribution < -0.4 is 5.32 Å². The van der Waals surface area contributed by atoms with Gasteiger partial charge in [-0.25, -0.2) is 4.79 Å². The Hall–Kier alpha value is -1.10. The van der Waals surface area contributed by atoms with Gasteiger partial charge in [0.1, 0.15) is 5.54 Å². The Morgan fingerprint density at radius 3 is 2.25 bits per heavy atom. The fraction of sp³-hybridized carbons (Fsp3) is 0.818. The molecule has 1 saturated heterocycles. The molecule has 0 aliphatic carbocycles. The van der Waals surface area contributed by atoms with E-state index < -0.39 is 11.5 Å². The second-order valence-corrected chi connectivity index (χ2v) is 4.79. The predicted octanol–water partition coefficient (Wildman–Crippen LogP) is 0.308. The first-order chi connectivity index (χ1) is 7.37. The van der Waals surface area contributed by atoms with Crippen molar-refractivity contribution >= 4 is 11.9 Å². The lowest BCUT2D eigenvalue weighted by molar-refractivity contribution is -0.157. The highest BCUT2D eigenvalue weighted by Crippen LogP contribution is 2.20. The fourth-order valence-corrected chi connectivity index (χ4v) is 1.76. The number of piperidine rings is 1. The number of likely N-dealkylation sites (N-methyl/N-ethyl adjacent to an activating group) is 1. The summed E-state index contributed by atoms with van der Waals surface area (Å²) in [7, 11) is 1.57. The molecule has 1 fully saturated rings.